The summed E-state index contributed by atoms with van der Waals surface area (Å²) in [4.78, 5) is 27.3. The van der Waals surface area contributed by atoms with Crippen LogP contribution in [0.5, 0.6) is 5.75 Å². The van der Waals surface area contributed by atoms with Crippen LogP contribution < -0.4 is 4.74 Å². The molecule has 0 saturated heterocycles. The van der Waals surface area contributed by atoms with E-state index in [-0.39, 0.29) is 17.4 Å². The SMILES string of the molecule is COC(=O)c1ccc(OCC(=O)c2c(C)[nH]c3ccccc23)c(Cl)c1. The first-order chi connectivity index (χ1) is 12.0. The first-order valence-electron chi connectivity index (χ1n) is 7.62. The van der Waals surface area contributed by atoms with Gasteiger partial charge in [0.1, 0.15) is 5.75 Å². The molecular weight excluding hydrogens is 342 g/mol. The largest absolute Gasteiger partial charge is 0.484 e. The molecule has 5 nitrogen and oxygen atoms in total. The summed E-state index contributed by atoms with van der Waals surface area (Å²) in [5.41, 5.74) is 2.63. The van der Waals surface area contributed by atoms with Crippen molar-refractivity contribution in [1.29, 1.82) is 0 Å². The third-order valence-electron chi connectivity index (χ3n) is 3.88. The Balaban J connectivity index is 1.78. The summed E-state index contributed by atoms with van der Waals surface area (Å²) in [6, 6.07) is 12.1. The van der Waals surface area contributed by atoms with E-state index in [9.17, 15) is 9.59 Å². The minimum atomic E-state index is -0.487. The van der Waals surface area contributed by atoms with Gasteiger partial charge in [0.05, 0.1) is 17.7 Å². The molecule has 0 fully saturated rings. The minimum Gasteiger partial charge on any atom is -0.484 e. The molecule has 0 aliphatic heterocycles. The molecule has 0 saturated carbocycles. The fourth-order valence-electron chi connectivity index (χ4n) is 2.71. The summed E-state index contributed by atoms with van der Waals surface area (Å²) >= 11 is 6.11. The topological polar surface area (TPSA) is 68.4 Å². The van der Waals surface area contributed by atoms with Gasteiger partial charge >= 0.3 is 5.97 Å². The molecule has 1 heterocycles. The van der Waals surface area contributed by atoms with E-state index in [2.05, 4.69) is 9.72 Å². The predicted octanol–water partition coefficient (Wildman–Crippen LogP) is 4.18. The molecule has 0 aliphatic rings. The number of hydrogen-bond donors (Lipinski definition) is 1. The highest BCUT2D eigenvalue weighted by Gasteiger charge is 2.17. The number of ketones is 1. The lowest BCUT2D eigenvalue weighted by atomic mass is 10.1. The molecule has 128 valence electrons. The molecule has 2 aromatic carbocycles. The van der Waals surface area contributed by atoms with Gasteiger partial charge in [-0.05, 0) is 31.2 Å². The first-order valence-corrected chi connectivity index (χ1v) is 8.00. The number of Topliss-reactive ketones (excluding diaryl/α,β-unsaturated/α-hetero) is 1. The minimum absolute atomic E-state index is 0.150. The molecule has 0 radical (unpaired) electrons. The van der Waals surface area contributed by atoms with Gasteiger partial charge in [-0.15, -0.1) is 0 Å². The molecule has 1 N–H and O–H groups in total. The summed E-state index contributed by atoms with van der Waals surface area (Å²) in [6.45, 7) is 1.70. The maximum Gasteiger partial charge on any atom is 0.337 e. The van der Waals surface area contributed by atoms with Crippen molar-refractivity contribution in [2.24, 2.45) is 0 Å². The predicted molar refractivity (Wildman–Crippen MR) is 95.7 cm³/mol. The van der Waals surface area contributed by atoms with Gasteiger partial charge < -0.3 is 14.5 Å². The monoisotopic (exact) mass is 357 g/mol. The summed E-state index contributed by atoms with van der Waals surface area (Å²) < 4.78 is 10.2. The molecule has 0 atom stereocenters. The molecule has 25 heavy (non-hydrogen) atoms. The molecule has 0 aliphatic carbocycles. The van der Waals surface area contributed by atoms with Gasteiger partial charge in [-0.1, -0.05) is 29.8 Å². The molecular formula is C19H16ClNO4. The third kappa shape index (κ3) is 3.37. The van der Waals surface area contributed by atoms with Crippen molar-refractivity contribution in [3.63, 3.8) is 0 Å². The molecule has 1 aromatic heterocycles. The van der Waals surface area contributed by atoms with Crippen LogP contribution in [0, 0.1) is 6.92 Å². The van der Waals surface area contributed by atoms with Crippen molar-refractivity contribution in [3.8, 4) is 5.75 Å². The number of aromatic nitrogens is 1. The van der Waals surface area contributed by atoms with E-state index in [1.54, 1.807) is 6.07 Å². The van der Waals surface area contributed by atoms with Crippen LogP contribution in [0.1, 0.15) is 26.4 Å². The zero-order valence-corrected chi connectivity index (χ0v) is 14.5. The number of nitrogens with one attached hydrogen (secondary N) is 1. The van der Waals surface area contributed by atoms with Crippen molar-refractivity contribution in [2.75, 3.05) is 13.7 Å². The maximum atomic E-state index is 12.6. The molecule has 0 spiro atoms. The molecule has 3 aromatic rings. The van der Waals surface area contributed by atoms with Crippen LogP contribution in [0.2, 0.25) is 5.02 Å². The molecule has 0 amide bonds. The van der Waals surface area contributed by atoms with Crippen molar-refractivity contribution < 1.29 is 19.1 Å². The van der Waals surface area contributed by atoms with Crippen LogP contribution in [0.4, 0.5) is 0 Å². The first kappa shape index (κ1) is 17.0. The highest BCUT2D eigenvalue weighted by molar-refractivity contribution is 6.32. The Kier molecular flexibility index (Phi) is 4.76. The van der Waals surface area contributed by atoms with Crippen LogP contribution in [0.3, 0.4) is 0 Å². The number of ether oxygens (including phenoxy) is 2. The highest BCUT2D eigenvalue weighted by atomic mass is 35.5. The second-order valence-electron chi connectivity index (χ2n) is 5.52. The number of H-pyrrole nitrogens is 1. The zero-order chi connectivity index (χ0) is 18.0. The van der Waals surface area contributed by atoms with Crippen molar-refractivity contribution in [1.82, 2.24) is 4.98 Å². The molecule has 0 unspecified atom stereocenters. The normalized spacial score (nSPS) is 10.7. The van der Waals surface area contributed by atoms with E-state index in [1.165, 1.54) is 19.2 Å². The van der Waals surface area contributed by atoms with E-state index >= 15 is 0 Å². The zero-order valence-electron chi connectivity index (χ0n) is 13.8. The van der Waals surface area contributed by atoms with Crippen LogP contribution >= 0.6 is 11.6 Å². The van der Waals surface area contributed by atoms with Crippen LogP contribution in [0.25, 0.3) is 10.9 Å². The van der Waals surface area contributed by atoms with Crippen molar-refractivity contribution in [2.45, 2.75) is 6.92 Å². The van der Waals surface area contributed by atoms with Gasteiger partial charge in [0.15, 0.2) is 6.61 Å². The fraction of sp³-hybridized carbons (Fsp3) is 0.158. The van der Waals surface area contributed by atoms with Gasteiger partial charge in [0.2, 0.25) is 5.78 Å². The Bertz CT molecular complexity index is 961. The molecule has 6 heteroatoms. The Morgan fingerprint density at radius 1 is 1.16 bits per heavy atom. The highest BCUT2D eigenvalue weighted by Crippen LogP contribution is 2.27. The van der Waals surface area contributed by atoms with Crippen LogP contribution in [-0.4, -0.2) is 30.5 Å². The lowest BCUT2D eigenvalue weighted by molar-refractivity contribution is 0.0600. The number of carbonyl (C=O) groups excluding carboxylic acids is 2. The summed E-state index contributed by atoms with van der Waals surface area (Å²) in [6.07, 6.45) is 0. The quantitative estimate of drug-likeness (QED) is 0.549. The Labute approximate surface area is 149 Å². The number of benzene rings is 2. The Morgan fingerprint density at radius 2 is 1.92 bits per heavy atom. The number of halogens is 1. The van der Waals surface area contributed by atoms with Crippen molar-refractivity contribution in [3.05, 3.63) is 64.3 Å². The second kappa shape index (κ2) is 6.99. The Hall–Kier alpha value is -2.79. The number of rotatable bonds is 5. The standard InChI is InChI=1S/C19H16ClNO4/c1-11-18(13-5-3-4-6-15(13)21-11)16(22)10-25-17-8-7-12(9-14(17)20)19(23)24-2/h3-9,21H,10H2,1-2H3. The van der Waals surface area contributed by atoms with Gasteiger partial charge in [-0.25, -0.2) is 4.79 Å². The number of carbonyl (C=O) groups is 2. The van der Waals surface area contributed by atoms with E-state index < -0.39 is 5.97 Å². The average Bonchev–Trinajstić information content (AvgIpc) is 2.95. The van der Waals surface area contributed by atoms with Gasteiger partial charge in [-0.3, -0.25) is 4.79 Å². The van der Waals surface area contributed by atoms with Crippen molar-refractivity contribution >= 4 is 34.3 Å². The number of fused-ring (bicyclic) bond motifs is 1. The Morgan fingerprint density at radius 3 is 2.64 bits per heavy atom. The molecule has 0 bridgehead atoms. The number of methoxy groups -OCH3 is 1. The van der Waals surface area contributed by atoms with Gasteiger partial charge in [0.25, 0.3) is 0 Å². The smallest absolute Gasteiger partial charge is 0.337 e. The lowest BCUT2D eigenvalue weighted by Gasteiger charge is -2.09. The number of hydrogen-bond acceptors (Lipinski definition) is 4. The van der Waals surface area contributed by atoms with Gasteiger partial charge in [-0.2, -0.15) is 0 Å². The number of para-hydroxylation sites is 1. The summed E-state index contributed by atoms with van der Waals surface area (Å²) in [7, 11) is 1.29. The average molecular weight is 358 g/mol. The van der Waals surface area contributed by atoms with E-state index in [0.29, 0.717) is 16.9 Å². The fourth-order valence-corrected chi connectivity index (χ4v) is 2.95. The molecule has 3 rings (SSSR count). The van der Waals surface area contributed by atoms with E-state index in [4.69, 9.17) is 16.3 Å². The summed E-state index contributed by atoms with van der Waals surface area (Å²) in [5.74, 6) is -0.304. The van der Waals surface area contributed by atoms with Gasteiger partial charge in [0, 0.05) is 22.2 Å². The number of aryl methyl sites for hydroxylation is 1. The second-order valence-corrected chi connectivity index (χ2v) is 5.93. The maximum absolute atomic E-state index is 12.6. The third-order valence-corrected chi connectivity index (χ3v) is 4.18. The van der Waals surface area contributed by atoms with E-state index in [1.807, 2.05) is 31.2 Å². The van der Waals surface area contributed by atoms with Crippen LogP contribution in [0.15, 0.2) is 42.5 Å². The summed E-state index contributed by atoms with van der Waals surface area (Å²) in [5, 5.41) is 1.10. The lowest BCUT2D eigenvalue weighted by Crippen LogP contribution is -2.12. The number of aromatic amines is 1. The van der Waals surface area contributed by atoms with Crippen LogP contribution in [-0.2, 0) is 4.74 Å². The number of esters is 1. The van der Waals surface area contributed by atoms with E-state index in [0.717, 1.165) is 16.6 Å².